The number of urea groups is 1. The number of benzene rings is 2. The molecule has 1 aliphatic heterocycles. The molecule has 3 aromatic rings. The zero-order chi connectivity index (χ0) is 19.5. The van der Waals surface area contributed by atoms with Crippen molar-refractivity contribution in [3.63, 3.8) is 0 Å². The molecule has 1 fully saturated rings. The number of aromatic nitrogens is 1. The third kappa shape index (κ3) is 3.45. The summed E-state index contributed by atoms with van der Waals surface area (Å²) in [5.74, 6) is -0.345. The molecular formula is C22H23N3O3. The molecular weight excluding hydrogens is 354 g/mol. The maximum atomic E-state index is 12.8. The van der Waals surface area contributed by atoms with E-state index >= 15 is 0 Å². The minimum atomic E-state index is -0.345. The molecule has 0 bridgehead atoms. The highest BCUT2D eigenvalue weighted by Gasteiger charge is 2.29. The highest BCUT2D eigenvalue weighted by molar-refractivity contribution is 5.95. The first-order chi connectivity index (χ1) is 13.7. The van der Waals surface area contributed by atoms with Gasteiger partial charge in [0.1, 0.15) is 0 Å². The zero-order valence-electron chi connectivity index (χ0n) is 15.9. The second-order valence-corrected chi connectivity index (χ2v) is 6.80. The number of carbonyl (C=O) groups is 2. The molecule has 144 valence electrons. The molecule has 1 saturated heterocycles. The van der Waals surface area contributed by atoms with E-state index in [-0.39, 0.29) is 12.0 Å². The quantitative estimate of drug-likeness (QED) is 0.664. The number of fused-ring (bicyclic) bond motifs is 1. The van der Waals surface area contributed by atoms with E-state index in [1.165, 1.54) is 10.9 Å². The molecule has 0 unspecified atom stereocenters. The standard InChI is InChI=1S/C22H23N3O3/c1-2-28-21(26)16-7-9-18(10-8-16)25-14-13-24(22(25)27)12-11-17-15-23-20-6-4-3-5-19(17)20/h3-10,15,23H,2,11-14H2,1H3. The first-order valence-electron chi connectivity index (χ1n) is 9.56. The van der Waals surface area contributed by atoms with Gasteiger partial charge in [0.25, 0.3) is 0 Å². The van der Waals surface area contributed by atoms with E-state index < -0.39 is 0 Å². The van der Waals surface area contributed by atoms with Crippen LogP contribution in [0.5, 0.6) is 0 Å². The minimum Gasteiger partial charge on any atom is -0.462 e. The van der Waals surface area contributed by atoms with Gasteiger partial charge < -0.3 is 14.6 Å². The number of esters is 1. The van der Waals surface area contributed by atoms with E-state index in [0.717, 1.165) is 17.6 Å². The second-order valence-electron chi connectivity index (χ2n) is 6.80. The van der Waals surface area contributed by atoms with Crippen LogP contribution in [0.2, 0.25) is 0 Å². The van der Waals surface area contributed by atoms with Gasteiger partial charge >= 0.3 is 12.0 Å². The van der Waals surface area contributed by atoms with Crippen LogP contribution in [0.3, 0.4) is 0 Å². The van der Waals surface area contributed by atoms with Crippen LogP contribution in [0.4, 0.5) is 10.5 Å². The van der Waals surface area contributed by atoms with Crippen molar-refractivity contribution in [3.05, 3.63) is 65.9 Å². The molecule has 2 heterocycles. The van der Waals surface area contributed by atoms with E-state index in [9.17, 15) is 9.59 Å². The summed E-state index contributed by atoms with van der Waals surface area (Å²) in [4.78, 5) is 31.5. The third-order valence-electron chi connectivity index (χ3n) is 5.11. The lowest BCUT2D eigenvalue weighted by Crippen LogP contribution is -2.33. The molecule has 0 aliphatic carbocycles. The summed E-state index contributed by atoms with van der Waals surface area (Å²) in [6.07, 6.45) is 2.84. The molecule has 28 heavy (non-hydrogen) atoms. The van der Waals surface area contributed by atoms with Crippen molar-refractivity contribution in [1.82, 2.24) is 9.88 Å². The largest absolute Gasteiger partial charge is 0.462 e. The highest BCUT2D eigenvalue weighted by atomic mass is 16.5. The SMILES string of the molecule is CCOC(=O)c1ccc(N2CCN(CCc3c[nH]c4ccccc34)C2=O)cc1. The van der Waals surface area contributed by atoms with Crippen LogP contribution >= 0.6 is 0 Å². The fraction of sp³-hybridized carbons (Fsp3) is 0.273. The van der Waals surface area contributed by atoms with Crippen molar-refractivity contribution in [1.29, 1.82) is 0 Å². The van der Waals surface area contributed by atoms with Gasteiger partial charge in [-0.05, 0) is 49.2 Å². The molecule has 0 radical (unpaired) electrons. The van der Waals surface area contributed by atoms with Crippen LogP contribution in [0.25, 0.3) is 10.9 Å². The van der Waals surface area contributed by atoms with Crippen molar-refractivity contribution in [2.75, 3.05) is 31.1 Å². The second kappa shape index (κ2) is 7.76. The Kier molecular flexibility index (Phi) is 5.02. The number of rotatable bonds is 6. The maximum Gasteiger partial charge on any atom is 0.338 e. The van der Waals surface area contributed by atoms with E-state index in [1.807, 2.05) is 23.2 Å². The van der Waals surface area contributed by atoms with Gasteiger partial charge in [-0.2, -0.15) is 0 Å². The average Bonchev–Trinajstić information content (AvgIpc) is 3.30. The zero-order valence-corrected chi connectivity index (χ0v) is 15.9. The summed E-state index contributed by atoms with van der Waals surface area (Å²) in [6.45, 7) is 4.14. The Morgan fingerprint density at radius 1 is 1.11 bits per heavy atom. The van der Waals surface area contributed by atoms with Gasteiger partial charge in [-0.15, -0.1) is 0 Å². The number of hydrogen-bond donors (Lipinski definition) is 1. The summed E-state index contributed by atoms with van der Waals surface area (Å²) in [6, 6.07) is 15.2. The number of para-hydroxylation sites is 1. The monoisotopic (exact) mass is 377 g/mol. The summed E-state index contributed by atoms with van der Waals surface area (Å²) in [5, 5.41) is 1.21. The Morgan fingerprint density at radius 2 is 1.89 bits per heavy atom. The van der Waals surface area contributed by atoms with Crippen molar-refractivity contribution in [2.24, 2.45) is 0 Å². The molecule has 1 N–H and O–H groups in total. The van der Waals surface area contributed by atoms with Gasteiger partial charge in [-0.3, -0.25) is 4.90 Å². The summed E-state index contributed by atoms with van der Waals surface area (Å²) in [7, 11) is 0. The number of nitrogens with one attached hydrogen (secondary N) is 1. The van der Waals surface area contributed by atoms with Crippen molar-refractivity contribution < 1.29 is 14.3 Å². The number of ether oxygens (including phenoxy) is 1. The lowest BCUT2D eigenvalue weighted by molar-refractivity contribution is 0.0526. The third-order valence-corrected chi connectivity index (χ3v) is 5.11. The molecule has 6 nitrogen and oxygen atoms in total. The molecule has 2 amide bonds. The molecule has 6 heteroatoms. The first kappa shape index (κ1) is 18.1. The minimum absolute atomic E-state index is 0.00345. The Labute approximate surface area is 163 Å². The van der Waals surface area contributed by atoms with Crippen molar-refractivity contribution in [2.45, 2.75) is 13.3 Å². The highest BCUT2D eigenvalue weighted by Crippen LogP contribution is 2.23. The van der Waals surface area contributed by atoms with Crippen LogP contribution in [0.15, 0.2) is 54.7 Å². The Morgan fingerprint density at radius 3 is 2.68 bits per heavy atom. The fourth-order valence-electron chi connectivity index (χ4n) is 3.62. The predicted molar refractivity (Wildman–Crippen MR) is 109 cm³/mol. The number of carbonyl (C=O) groups excluding carboxylic acids is 2. The van der Waals surface area contributed by atoms with Gasteiger partial charge in [0.2, 0.25) is 0 Å². The van der Waals surface area contributed by atoms with Crippen LogP contribution in [0, 0.1) is 0 Å². The lowest BCUT2D eigenvalue weighted by Gasteiger charge is -2.19. The van der Waals surface area contributed by atoms with Crippen LogP contribution < -0.4 is 4.90 Å². The number of amides is 2. The Balaban J connectivity index is 1.40. The van der Waals surface area contributed by atoms with Crippen molar-refractivity contribution >= 4 is 28.6 Å². The van der Waals surface area contributed by atoms with Gasteiger partial charge in [0, 0.05) is 42.4 Å². The summed E-state index contributed by atoms with van der Waals surface area (Å²) in [5.41, 5.74) is 3.63. The first-order valence-corrected chi connectivity index (χ1v) is 9.56. The Bertz CT molecular complexity index is 994. The number of nitrogens with zero attached hydrogens (tertiary/aromatic N) is 2. The number of anilines is 1. The van der Waals surface area contributed by atoms with E-state index in [1.54, 1.807) is 36.1 Å². The summed E-state index contributed by atoms with van der Waals surface area (Å²) >= 11 is 0. The van der Waals surface area contributed by atoms with E-state index in [0.29, 0.717) is 31.8 Å². The van der Waals surface area contributed by atoms with Crippen molar-refractivity contribution in [3.8, 4) is 0 Å². The van der Waals surface area contributed by atoms with Gasteiger partial charge in [0.15, 0.2) is 0 Å². The molecule has 1 aromatic heterocycles. The average molecular weight is 377 g/mol. The van der Waals surface area contributed by atoms with Crippen LogP contribution in [-0.4, -0.2) is 48.1 Å². The molecule has 0 spiro atoms. The maximum absolute atomic E-state index is 12.8. The summed E-state index contributed by atoms with van der Waals surface area (Å²) < 4.78 is 5.00. The van der Waals surface area contributed by atoms with E-state index in [2.05, 4.69) is 17.1 Å². The fourth-order valence-corrected chi connectivity index (χ4v) is 3.62. The predicted octanol–water partition coefficient (Wildman–Crippen LogP) is 3.83. The van der Waals surface area contributed by atoms with Gasteiger partial charge in [-0.25, -0.2) is 9.59 Å². The molecule has 0 saturated carbocycles. The number of hydrogen-bond acceptors (Lipinski definition) is 3. The topological polar surface area (TPSA) is 65.6 Å². The number of aromatic amines is 1. The molecule has 0 atom stereocenters. The number of H-pyrrole nitrogens is 1. The van der Waals surface area contributed by atoms with Crippen LogP contribution in [-0.2, 0) is 11.2 Å². The molecule has 4 rings (SSSR count). The molecule has 2 aromatic carbocycles. The van der Waals surface area contributed by atoms with Gasteiger partial charge in [0.05, 0.1) is 12.2 Å². The Hall–Kier alpha value is -3.28. The lowest BCUT2D eigenvalue weighted by atomic mass is 10.1. The normalized spacial score (nSPS) is 14.1. The van der Waals surface area contributed by atoms with Gasteiger partial charge in [-0.1, -0.05) is 18.2 Å². The van der Waals surface area contributed by atoms with Crippen LogP contribution in [0.1, 0.15) is 22.8 Å². The molecule has 1 aliphatic rings. The van der Waals surface area contributed by atoms with E-state index in [4.69, 9.17) is 4.74 Å². The smallest absolute Gasteiger partial charge is 0.338 e.